The van der Waals surface area contributed by atoms with Crippen LogP contribution in [0.4, 0.5) is 10.1 Å². The van der Waals surface area contributed by atoms with Crippen LogP contribution in [0.25, 0.3) is 0 Å². The third-order valence-electron chi connectivity index (χ3n) is 4.25. The molecule has 0 N–H and O–H groups in total. The van der Waals surface area contributed by atoms with Crippen LogP contribution in [0.5, 0.6) is 0 Å². The van der Waals surface area contributed by atoms with Crippen molar-refractivity contribution in [2.24, 2.45) is 5.92 Å². The molecule has 0 spiro atoms. The fourth-order valence-corrected chi connectivity index (χ4v) is 2.92. The number of carbonyl (C=O) groups excluding carboxylic acids is 1. The van der Waals surface area contributed by atoms with E-state index in [9.17, 15) is 9.18 Å². The zero-order chi connectivity index (χ0) is 14.0. The number of carbonyl (C=O) groups is 1. The van der Waals surface area contributed by atoms with Gasteiger partial charge in [0.05, 0.1) is 0 Å². The summed E-state index contributed by atoms with van der Waals surface area (Å²) in [5.41, 5.74) is 1.34. The molecule has 0 radical (unpaired) electrons. The zero-order valence-corrected chi connectivity index (χ0v) is 11.9. The minimum atomic E-state index is -0.348. The van der Waals surface area contributed by atoms with Crippen molar-refractivity contribution >= 4 is 11.5 Å². The van der Waals surface area contributed by atoms with E-state index in [-0.39, 0.29) is 11.6 Å². The molecular formula is C16H22FNO. The molecule has 1 saturated carbocycles. The van der Waals surface area contributed by atoms with Gasteiger partial charge in [0.2, 0.25) is 0 Å². The summed E-state index contributed by atoms with van der Waals surface area (Å²) in [4.78, 5) is 13.8. The molecule has 0 amide bonds. The molecule has 0 heterocycles. The first-order chi connectivity index (χ1) is 8.99. The van der Waals surface area contributed by atoms with Gasteiger partial charge in [-0.1, -0.05) is 6.92 Å². The maximum Gasteiger partial charge on any atom is 0.161 e. The van der Waals surface area contributed by atoms with Crippen molar-refractivity contribution in [2.75, 3.05) is 11.9 Å². The van der Waals surface area contributed by atoms with Crippen molar-refractivity contribution in [2.45, 2.75) is 45.6 Å². The Labute approximate surface area is 114 Å². The highest BCUT2D eigenvalue weighted by atomic mass is 19.1. The van der Waals surface area contributed by atoms with Crippen LogP contribution in [0.15, 0.2) is 18.2 Å². The Bertz CT molecular complexity index is 464. The summed E-state index contributed by atoms with van der Waals surface area (Å²) in [6.45, 7) is 3.78. The van der Waals surface area contributed by atoms with Gasteiger partial charge in [-0.25, -0.2) is 4.39 Å². The van der Waals surface area contributed by atoms with E-state index in [0.29, 0.717) is 11.6 Å². The minimum Gasteiger partial charge on any atom is -0.371 e. The van der Waals surface area contributed by atoms with Crippen LogP contribution in [-0.2, 0) is 0 Å². The van der Waals surface area contributed by atoms with Crippen LogP contribution in [0, 0.1) is 11.7 Å². The molecule has 19 heavy (non-hydrogen) atoms. The van der Waals surface area contributed by atoms with E-state index >= 15 is 0 Å². The van der Waals surface area contributed by atoms with Gasteiger partial charge < -0.3 is 4.90 Å². The molecule has 1 aromatic carbocycles. The summed E-state index contributed by atoms with van der Waals surface area (Å²) in [5.74, 6) is 0.371. The fourth-order valence-electron chi connectivity index (χ4n) is 2.92. The lowest BCUT2D eigenvalue weighted by atomic mass is 9.86. The Kier molecular flexibility index (Phi) is 4.23. The molecule has 0 atom stereocenters. The maximum absolute atomic E-state index is 13.3. The lowest BCUT2D eigenvalue weighted by Gasteiger charge is -2.35. The summed E-state index contributed by atoms with van der Waals surface area (Å²) in [7, 11) is 2.01. The molecule has 0 aliphatic heterocycles. The van der Waals surface area contributed by atoms with Crippen LogP contribution in [0.2, 0.25) is 0 Å². The average Bonchev–Trinajstić information content (AvgIpc) is 2.38. The number of hydrogen-bond donors (Lipinski definition) is 0. The van der Waals surface area contributed by atoms with Gasteiger partial charge in [-0.05, 0) is 56.7 Å². The van der Waals surface area contributed by atoms with Gasteiger partial charge in [-0.3, -0.25) is 4.79 Å². The average molecular weight is 263 g/mol. The minimum absolute atomic E-state index is 0.0782. The van der Waals surface area contributed by atoms with E-state index in [1.807, 2.05) is 7.05 Å². The second kappa shape index (κ2) is 5.72. The summed E-state index contributed by atoms with van der Waals surface area (Å²) in [5, 5.41) is 0. The second-order valence-corrected chi connectivity index (χ2v) is 5.74. The van der Waals surface area contributed by atoms with E-state index in [1.165, 1.54) is 31.9 Å². The first kappa shape index (κ1) is 14.0. The van der Waals surface area contributed by atoms with Crippen molar-refractivity contribution in [3.63, 3.8) is 0 Å². The maximum atomic E-state index is 13.3. The molecule has 0 saturated heterocycles. The fraction of sp³-hybridized carbons (Fsp3) is 0.562. The van der Waals surface area contributed by atoms with Crippen LogP contribution >= 0.6 is 0 Å². The molecule has 0 aromatic heterocycles. The van der Waals surface area contributed by atoms with Gasteiger partial charge in [-0.15, -0.1) is 0 Å². The topological polar surface area (TPSA) is 20.3 Å². The molecule has 2 nitrogen and oxygen atoms in total. The first-order valence-electron chi connectivity index (χ1n) is 7.02. The predicted molar refractivity (Wildman–Crippen MR) is 76.2 cm³/mol. The van der Waals surface area contributed by atoms with Crippen molar-refractivity contribution < 1.29 is 9.18 Å². The number of ketones is 1. The van der Waals surface area contributed by atoms with Crippen LogP contribution in [0.1, 0.15) is 49.9 Å². The third-order valence-corrected chi connectivity index (χ3v) is 4.25. The number of nitrogens with zero attached hydrogens (tertiary/aromatic N) is 1. The van der Waals surface area contributed by atoms with Gasteiger partial charge in [0.25, 0.3) is 0 Å². The Morgan fingerprint density at radius 3 is 2.47 bits per heavy atom. The summed E-state index contributed by atoms with van der Waals surface area (Å²) in [6.07, 6.45) is 4.75. The molecule has 1 aliphatic carbocycles. The SMILES string of the molecule is CC(=O)c1cc(F)ccc1N(C)C1CCC(C)CC1. The van der Waals surface area contributed by atoms with E-state index in [1.54, 1.807) is 6.07 Å². The highest BCUT2D eigenvalue weighted by molar-refractivity contribution is 5.99. The lowest BCUT2D eigenvalue weighted by Crippen LogP contribution is -2.35. The normalized spacial score (nSPS) is 23.2. The molecule has 3 heteroatoms. The number of Topliss-reactive ketones (excluding diaryl/α,β-unsaturated/α-hetero) is 1. The van der Waals surface area contributed by atoms with Crippen LogP contribution in [0.3, 0.4) is 0 Å². The van der Waals surface area contributed by atoms with Gasteiger partial charge >= 0.3 is 0 Å². The summed E-state index contributed by atoms with van der Waals surface area (Å²) >= 11 is 0. The largest absolute Gasteiger partial charge is 0.371 e. The van der Waals surface area contributed by atoms with E-state index < -0.39 is 0 Å². The molecule has 0 unspecified atom stereocenters. The third kappa shape index (κ3) is 3.14. The quantitative estimate of drug-likeness (QED) is 0.767. The van der Waals surface area contributed by atoms with E-state index in [0.717, 1.165) is 24.4 Å². The first-order valence-corrected chi connectivity index (χ1v) is 7.02. The van der Waals surface area contributed by atoms with Gasteiger partial charge in [0.15, 0.2) is 5.78 Å². The molecule has 104 valence electrons. The van der Waals surface area contributed by atoms with Crippen LogP contribution < -0.4 is 4.90 Å². The Morgan fingerprint density at radius 2 is 1.89 bits per heavy atom. The highest BCUT2D eigenvalue weighted by Gasteiger charge is 2.24. The molecule has 2 rings (SSSR count). The molecular weight excluding hydrogens is 241 g/mol. The Balaban J connectivity index is 2.23. The lowest BCUT2D eigenvalue weighted by molar-refractivity contribution is 0.101. The number of benzene rings is 1. The number of hydrogen-bond acceptors (Lipinski definition) is 2. The Hall–Kier alpha value is -1.38. The van der Waals surface area contributed by atoms with Crippen molar-refractivity contribution in [3.05, 3.63) is 29.6 Å². The van der Waals surface area contributed by atoms with Crippen molar-refractivity contribution in [1.29, 1.82) is 0 Å². The summed E-state index contributed by atoms with van der Waals surface area (Å²) in [6, 6.07) is 4.97. The predicted octanol–water partition coefficient (Wildman–Crippen LogP) is 4.04. The number of halogens is 1. The molecule has 0 bridgehead atoms. The number of anilines is 1. The Morgan fingerprint density at radius 1 is 1.26 bits per heavy atom. The number of rotatable bonds is 3. The molecule has 1 fully saturated rings. The summed E-state index contributed by atoms with van der Waals surface area (Å²) < 4.78 is 13.3. The molecule has 1 aromatic rings. The standard InChI is InChI=1S/C16H22FNO/c1-11-4-7-14(8-5-11)18(3)16-9-6-13(17)10-15(16)12(2)19/h6,9-11,14H,4-5,7-8H2,1-3H3. The van der Waals surface area contributed by atoms with Gasteiger partial charge in [0.1, 0.15) is 5.82 Å². The smallest absolute Gasteiger partial charge is 0.161 e. The van der Waals surface area contributed by atoms with Crippen LogP contribution in [-0.4, -0.2) is 18.9 Å². The van der Waals surface area contributed by atoms with E-state index in [4.69, 9.17) is 0 Å². The van der Waals surface area contributed by atoms with Crippen molar-refractivity contribution in [3.8, 4) is 0 Å². The molecule has 1 aliphatic rings. The second-order valence-electron chi connectivity index (χ2n) is 5.74. The highest BCUT2D eigenvalue weighted by Crippen LogP contribution is 2.31. The zero-order valence-electron chi connectivity index (χ0n) is 11.9. The monoisotopic (exact) mass is 263 g/mol. The van der Waals surface area contributed by atoms with Gasteiger partial charge in [-0.2, -0.15) is 0 Å². The van der Waals surface area contributed by atoms with Gasteiger partial charge in [0, 0.05) is 24.3 Å². The van der Waals surface area contributed by atoms with E-state index in [2.05, 4.69) is 11.8 Å². The van der Waals surface area contributed by atoms with Crippen molar-refractivity contribution in [1.82, 2.24) is 0 Å².